The Balaban J connectivity index is 0.000000262. The number of aliphatic hydroxyl groups excluding tert-OH is 1. The van der Waals surface area contributed by atoms with Crippen molar-refractivity contribution in [1.29, 1.82) is 0 Å². The third-order valence-electron chi connectivity index (χ3n) is 13.4. The van der Waals surface area contributed by atoms with Crippen LogP contribution in [0.15, 0.2) is 65.0 Å². The van der Waals surface area contributed by atoms with Crippen molar-refractivity contribution in [1.82, 2.24) is 36.1 Å². The number of allylic oxidation sites excluding steroid dienone is 1. The second kappa shape index (κ2) is 27.1. The smallest absolute Gasteiger partial charge is 0.340 e. The van der Waals surface area contributed by atoms with E-state index in [-0.39, 0.29) is 80.8 Å². The molecule has 0 bridgehead atoms. The van der Waals surface area contributed by atoms with Gasteiger partial charge in [0.05, 0.1) is 43.8 Å². The van der Waals surface area contributed by atoms with Crippen molar-refractivity contribution in [3.63, 3.8) is 0 Å². The fourth-order valence-electron chi connectivity index (χ4n) is 9.51. The van der Waals surface area contributed by atoms with Crippen molar-refractivity contribution in [2.45, 2.75) is 123 Å². The van der Waals surface area contributed by atoms with Gasteiger partial charge in [-0.05, 0) is 85.9 Å². The maximum absolute atomic E-state index is 14.5. The number of cyclic esters (lactones) is 1. The molecule has 1 aliphatic carbocycles. The topological polar surface area (TPSA) is 316 Å². The van der Waals surface area contributed by atoms with Crippen molar-refractivity contribution in [3.8, 4) is 0 Å². The molecule has 5 heterocycles. The van der Waals surface area contributed by atoms with Gasteiger partial charge in [-0.2, -0.15) is 0 Å². The van der Waals surface area contributed by atoms with Crippen molar-refractivity contribution in [2.75, 3.05) is 38.2 Å². The molecule has 77 heavy (non-hydrogen) atoms. The lowest BCUT2D eigenvalue weighted by Crippen LogP contribution is -2.52. The van der Waals surface area contributed by atoms with Crippen LogP contribution in [-0.2, 0) is 78.6 Å². The van der Waals surface area contributed by atoms with Crippen molar-refractivity contribution in [2.24, 2.45) is 5.73 Å². The summed E-state index contributed by atoms with van der Waals surface area (Å²) >= 11 is 0. The molecule has 4 aliphatic heterocycles. The molecule has 23 heteroatoms. The van der Waals surface area contributed by atoms with E-state index in [1.54, 1.807) is 54.0 Å². The molecule has 5 aliphatic rings. The number of fused-ring (bicyclic) bond motifs is 4. The van der Waals surface area contributed by atoms with E-state index in [4.69, 9.17) is 15.2 Å². The van der Waals surface area contributed by atoms with Gasteiger partial charge in [0.25, 0.3) is 17.4 Å². The number of esters is 1. The van der Waals surface area contributed by atoms with Gasteiger partial charge in [-0.15, -0.1) is 0 Å². The van der Waals surface area contributed by atoms with E-state index in [9.17, 15) is 57.4 Å². The number of rotatable bonds is 21. The van der Waals surface area contributed by atoms with E-state index in [0.717, 1.165) is 52.1 Å². The third-order valence-corrected chi connectivity index (χ3v) is 13.4. The van der Waals surface area contributed by atoms with Crippen LogP contribution in [0.5, 0.6) is 0 Å². The number of carbonyl (C=O) groups excluding carboxylic acids is 9. The van der Waals surface area contributed by atoms with Gasteiger partial charge in [0, 0.05) is 60.6 Å². The zero-order valence-electron chi connectivity index (χ0n) is 43.5. The zero-order valence-corrected chi connectivity index (χ0v) is 43.5. The summed E-state index contributed by atoms with van der Waals surface area (Å²) in [5, 5.41) is 25.9. The number of nitrogens with zero attached hydrogens (tertiary/aromatic N) is 2. The van der Waals surface area contributed by atoms with Crippen LogP contribution in [0.4, 0.5) is 10.1 Å². The molecule has 0 spiro atoms. The molecule has 9 N–H and O–H groups in total. The number of carbonyl (C=O) groups is 9. The number of hydrogen-bond donors (Lipinski definition) is 8. The SMILES string of the molecule is CC.CC(CC(N)=O)OCNC(=O)CNC(=O)C(Cc1ccccc1)NC(=O)CNC(=O)CNC(=O)CCCCCN1C(=O)C=CC1=O.Cc1c(F)cc2c3c1CCCC3=C1Cn3c(cc4c(c3=O)COC(=O)C4O)C1N2. The Morgan fingerprint density at radius 1 is 0.870 bits per heavy atom. The summed E-state index contributed by atoms with van der Waals surface area (Å²) in [6, 6.07) is 10.8. The molecule has 4 unspecified atom stereocenters. The second-order valence-electron chi connectivity index (χ2n) is 18.7. The highest BCUT2D eigenvalue weighted by Crippen LogP contribution is 2.50. The molecule has 2 aromatic carbocycles. The summed E-state index contributed by atoms with van der Waals surface area (Å²) in [5.74, 6) is -5.07. The third kappa shape index (κ3) is 14.9. The largest absolute Gasteiger partial charge is 0.458 e. The number of pyridine rings is 1. The Bertz CT molecular complexity index is 2890. The number of unbranched alkanes of at least 4 members (excludes halogenated alkanes) is 2. The fourth-order valence-corrected chi connectivity index (χ4v) is 9.51. The molecule has 8 amide bonds. The first kappa shape index (κ1) is 58.2. The van der Waals surface area contributed by atoms with Gasteiger partial charge in [0.15, 0.2) is 6.10 Å². The first-order valence-electron chi connectivity index (χ1n) is 25.7. The van der Waals surface area contributed by atoms with E-state index >= 15 is 0 Å². The minimum Gasteiger partial charge on any atom is -0.458 e. The first-order valence-corrected chi connectivity index (χ1v) is 25.7. The Labute approximate surface area is 443 Å². The summed E-state index contributed by atoms with van der Waals surface area (Å²) in [5.41, 5.74) is 12.8. The summed E-state index contributed by atoms with van der Waals surface area (Å²) in [7, 11) is 0. The molecule has 3 aromatic rings. The number of ether oxygens (including phenoxy) is 2. The molecule has 4 atom stereocenters. The van der Waals surface area contributed by atoms with Gasteiger partial charge in [0.2, 0.25) is 35.4 Å². The minimum absolute atomic E-state index is 0.0166. The van der Waals surface area contributed by atoms with E-state index < -0.39 is 66.8 Å². The molecule has 22 nitrogen and oxygen atoms in total. The number of hydrogen-bond acceptors (Lipinski definition) is 14. The summed E-state index contributed by atoms with van der Waals surface area (Å²) in [6.07, 6.45) is 5.05. The summed E-state index contributed by atoms with van der Waals surface area (Å²) in [6.45, 7) is 6.62. The molecule has 0 saturated heterocycles. The van der Waals surface area contributed by atoms with Crippen molar-refractivity contribution in [3.05, 3.63) is 115 Å². The summed E-state index contributed by atoms with van der Waals surface area (Å²) in [4.78, 5) is 122. The van der Waals surface area contributed by atoms with E-state index in [1.807, 2.05) is 20.8 Å². The Morgan fingerprint density at radius 3 is 2.26 bits per heavy atom. The Morgan fingerprint density at radius 2 is 1.55 bits per heavy atom. The Kier molecular flexibility index (Phi) is 20.5. The molecule has 8 rings (SSSR count). The molecule has 0 fully saturated rings. The maximum atomic E-state index is 14.5. The number of nitrogens with two attached hydrogens (primary N) is 1. The Hall–Kier alpha value is -8.05. The number of amides is 8. The standard InChI is InChI=1S/C30H41N7O9.C22H19FN2O4.C2H6/c1-20(14-23(31)38)46-19-35-26(41)17-34-30(45)22(15-21-8-4-2-5-9-21)36-27(42)18-33-25(40)16-32-24(39)10-6-3-7-13-37-28(43)11-12-29(37)44;1-9-10-3-2-4-11-13-7-25-17(19(13)24-16(18(10)11)6-15(9)23)5-12-14(21(25)27)8-29-22(28)20(12)26;1-2/h2,4-5,8-9,11-12,20,22H,3,6-7,10,13-19H2,1H3,(H2,31,38)(H,32,39)(H,33,40)(H,34,45)(H,35,41)(H,36,42);5-6,19-20,24,26H,2-4,7-8H2,1H3;1-2H3. The van der Waals surface area contributed by atoms with E-state index in [0.29, 0.717) is 48.2 Å². The number of benzene rings is 2. The normalized spacial score (nSPS) is 17.0. The molecule has 1 aromatic heterocycles. The van der Waals surface area contributed by atoms with Gasteiger partial charge < -0.3 is 56.8 Å². The number of nitrogens with one attached hydrogen (secondary N) is 6. The van der Waals surface area contributed by atoms with Crippen molar-refractivity contribution < 1.29 is 62.1 Å². The number of halogens is 1. The highest BCUT2D eigenvalue weighted by molar-refractivity contribution is 6.12. The predicted molar refractivity (Wildman–Crippen MR) is 277 cm³/mol. The second-order valence-corrected chi connectivity index (χ2v) is 18.7. The van der Waals surface area contributed by atoms with Gasteiger partial charge in [0.1, 0.15) is 25.2 Å². The maximum Gasteiger partial charge on any atom is 0.340 e. The van der Waals surface area contributed by atoms with Gasteiger partial charge in [-0.1, -0.05) is 50.6 Å². The van der Waals surface area contributed by atoms with Crippen LogP contribution in [0.25, 0.3) is 5.57 Å². The van der Waals surface area contributed by atoms with Crippen molar-refractivity contribution >= 4 is 64.5 Å². The molecule has 412 valence electrons. The van der Waals surface area contributed by atoms with Crippen LogP contribution in [0.1, 0.15) is 117 Å². The predicted octanol–water partition coefficient (Wildman–Crippen LogP) is 1.58. The van der Waals surface area contributed by atoms with Crippen LogP contribution in [0, 0.1) is 12.7 Å². The number of imide groups is 1. The molecular weight excluding hydrogens is 1000 g/mol. The lowest BCUT2D eigenvalue weighted by Gasteiger charge is -2.33. The number of anilines is 1. The van der Waals surface area contributed by atoms with Crippen LogP contribution in [0.3, 0.4) is 0 Å². The van der Waals surface area contributed by atoms with Gasteiger partial charge in [-0.3, -0.25) is 48.1 Å². The van der Waals surface area contributed by atoms with E-state index in [2.05, 4.69) is 31.9 Å². The fraction of sp³-hybridized carbons (Fsp3) is 0.444. The van der Waals surface area contributed by atoms with Gasteiger partial charge >= 0.3 is 5.97 Å². The quantitative estimate of drug-likeness (QED) is 0.0325. The molecule has 0 radical (unpaired) electrons. The average Bonchev–Trinajstić information content (AvgIpc) is 4.04. The number of primary amides is 1. The number of aromatic nitrogens is 1. The zero-order chi connectivity index (χ0) is 55.9. The first-order chi connectivity index (χ1) is 36.9. The lowest BCUT2D eigenvalue weighted by molar-refractivity contribution is -0.157. The summed E-state index contributed by atoms with van der Waals surface area (Å²) < 4.78 is 26.4. The highest BCUT2D eigenvalue weighted by atomic mass is 19.1. The highest BCUT2D eigenvalue weighted by Gasteiger charge is 2.41. The average molecular weight is 1070 g/mol. The van der Waals surface area contributed by atoms with Crippen LogP contribution >= 0.6 is 0 Å². The van der Waals surface area contributed by atoms with Crippen LogP contribution in [-0.4, -0.2) is 113 Å². The monoisotopic (exact) mass is 1070 g/mol. The minimum atomic E-state index is -1.45. The van der Waals surface area contributed by atoms with Gasteiger partial charge in [-0.25, -0.2) is 9.18 Å². The molecular formula is C54H66FN9O13. The number of aliphatic hydroxyl groups is 1. The lowest BCUT2D eigenvalue weighted by atomic mass is 9.78. The van der Waals surface area contributed by atoms with E-state index in [1.165, 1.54) is 17.7 Å². The van der Waals surface area contributed by atoms with Crippen LogP contribution < -0.4 is 43.2 Å². The molecule has 0 saturated carbocycles. The van der Waals surface area contributed by atoms with Crippen LogP contribution in [0.2, 0.25) is 0 Å².